The van der Waals surface area contributed by atoms with Crippen LogP contribution in [0.4, 0.5) is 10.1 Å². The first-order chi connectivity index (χ1) is 11.4. The van der Waals surface area contributed by atoms with Crippen LogP contribution < -0.4 is 11.1 Å². The SMILES string of the molecule is CC(C)(N)C(=O)Nc1cc(-c2nnc3n2CCCCC3)ccc1F. The average Bonchev–Trinajstić information content (AvgIpc) is 2.77. The number of nitrogens with zero attached hydrogens (tertiary/aromatic N) is 3. The Hall–Kier alpha value is -2.28. The maximum absolute atomic E-state index is 14.1. The van der Waals surface area contributed by atoms with Crippen LogP contribution in [-0.2, 0) is 17.8 Å². The zero-order valence-electron chi connectivity index (χ0n) is 14.0. The fourth-order valence-corrected chi connectivity index (χ4v) is 2.74. The normalized spacial score (nSPS) is 14.8. The van der Waals surface area contributed by atoms with Crippen molar-refractivity contribution in [3.8, 4) is 11.4 Å². The number of rotatable bonds is 3. The molecule has 0 spiro atoms. The van der Waals surface area contributed by atoms with Crippen LogP contribution in [0, 0.1) is 5.82 Å². The van der Waals surface area contributed by atoms with Crippen LogP contribution in [0.3, 0.4) is 0 Å². The van der Waals surface area contributed by atoms with E-state index in [4.69, 9.17) is 5.73 Å². The van der Waals surface area contributed by atoms with Crippen molar-refractivity contribution in [3.63, 3.8) is 0 Å². The molecular weight excluding hydrogens is 309 g/mol. The van der Waals surface area contributed by atoms with Crippen LogP contribution in [0.15, 0.2) is 18.2 Å². The summed E-state index contributed by atoms with van der Waals surface area (Å²) >= 11 is 0. The van der Waals surface area contributed by atoms with Gasteiger partial charge >= 0.3 is 0 Å². The summed E-state index contributed by atoms with van der Waals surface area (Å²) in [5, 5.41) is 11.1. The first-order valence-electron chi connectivity index (χ1n) is 8.18. The zero-order chi connectivity index (χ0) is 17.3. The van der Waals surface area contributed by atoms with E-state index in [1.54, 1.807) is 26.0 Å². The molecule has 1 aromatic carbocycles. The van der Waals surface area contributed by atoms with Gasteiger partial charge in [0.25, 0.3) is 0 Å². The summed E-state index contributed by atoms with van der Waals surface area (Å²) in [6, 6.07) is 4.56. The van der Waals surface area contributed by atoms with E-state index in [1.807, 2.05) is 0 Å². The topological polar surface area (TPSA) is 85.8 Å². The quantitative estimate of drug-likeness (QED) is 0.905. The molecule has 1 amide bonds. The smallest absolute Gasteiger partial charge is 0.243 e. The number of carbonyl (C=O) groups excluding carboxylic acids is 1. The number of nitrogens with two attached hydrogens (primary N) is 1. The second kappa shape index (κ2) is 6.32. The number of carbonyl (C=O) groups is 1. The third-order valence-corrected chi connectivity index (χ3v) is 4.17. The Balaban J connectivity index is 1.95. The van der Waals surface area contributed by atoms with E-state index in [0.29, 0.717) is 5.82 Å². The molecule has 2 heterocycles. The molecule has 2 aromatic rings. The van der Waals surface area contributed by atoms with Gasteiger partial charge in [-0.3, -0.25) is 4.79 Å². The number of nitrogens with one attached hydrogen (secondary N) is 1. The minimum absolute atomic E-state index is 0.0991. The fourth-order valence-electron chi connectivity index (χ4n) is 2.74. The standard InChI is InChI=1S/C17H22FN5O/c1-17(2,19)16(24)20-13-10-11(7-8-12(13)18)15-22-21-14-6-4-3-5-9-23(14)15/h7-8,10H,3-6,9,19H2,1-2H3,(H,20,24). The van der Waals surface area contributed by atoms with Crippen LogP contribution >= 0.6 is 0 Å². The summed E-state index contributed by atoms with van der Waals surface area (Å²) in [6.07, 6.45) is 4.25. The number of amides is 1. The van der Waals surface area contributed by atoms with E-state index < -0.39 is 17.3 Å². The van der Waals surface area contributed by atoms with Crippen LogP contribution in [0.25, 0.3) is 11.4 Å². The molecule has 1 aliphatic rings. The van der Waals surface area contributed by atoms with Crippen molar-refractivity contribution in [2.45, 2.75) is 51.6 Å². The number of fused-ring (bicyclic) bond motifs is 1. The number of benzene rings is 1. The minimum Gasteiger partial charge on any atom is -0.322 e. The second-order valence-electron chi connectivity index (χ2n) is 6.77. The molecule has 0 aliphatic carbocycles. The Morgan fingerprint density at radius 3 is 2.83 bits per heavy atom. The van der Waals surface area contributed by atoms with Crippen molar-refractivity contribution >= 4 is 11.6 Å². The molecule has 0 radical (unpaired) electrons. The number of hydrogen-bond acceptors (Lipinski definition) is 4. The van der Waals surface area contributed by atoms with Gasteiger partial charge in [-0.25, -0.2) is 4.39 Å². The van der Waals surface area contributed by atoms with Gasteiger partial charge in [-0.15, -0.1) is 10.2 Å². The van der Waals surface area contributed by atoms with E-state index in [1.165, 1.54) is 12.5 Å². The van der Waals surface area contributed by atoms with Crippen molar-refractivity contribution in [3.05, 3.63) is 29.8 Å². The van der Waals surface area contributed by atoms with Gasteiger partial charge in [-0.2, -0.15) is 0 Å². The van der Waals surface area contributed by atoms with E-state index in [9.17, 15) is 9.18 Å². The highest BCUT2D eigenvalue weighted by molar-refractivity contribution is 5.97. The van der Waals surface area contributed by atoms with E-state index >= 15 is 0 Å². The number of halogens is 1. The molecule has 0 unspecified atom stereocenters. The summed E-state index contributed by atoms with van der Waals surface area (Å²) in [7, 11) is 0. The van der Waals surface area contributed by atoms with Crippen LogP contribution in [0.2, 0.25) is 0 Å². The Morgan fingerprint density at radius 1 is 1.29 bits per heavy atom. The third-order valence-electron chi connectivity index (χ3n) is 4.17. The molecule has 7 heteroatoms. The molecule has 0 fully saturated rings. The molecule has 0 atom stereocenters. The first kappa shape index (κ1) is 16.6. The van der Waals surface area contributed by atoms with Gasteiger partial charge in [0.1, 0.15) is 11.6 Å². The second-order valence-corrected chi connectivity index (χ2v) is 6.77. The summed E-state index contributed by atoms with van der Waals surface area (Å²) < 4.78 is 16.1. The predicted octanol–water partition coefficient (Wildman–Crippen LogP) is 2.49. The molecule has 0 bridgehead atoms. The van der Waals surface area contributed by atoms with Gasteiger partial charge in [-0.05, 0) is 44.9 Å². The number of aryl methyl sites for hydroxylation is 1. The monoisotopic (exact) mass is 331 g/mol. The number of aromatic nitrogens is 3. The molecule has 24 heavy (non-hydrogen) atoms. The van der Waals surface area contributed by atoms with Gasteiger partial charge < -0.3 is 15.6 Å². The lowest BCUT2D eigenvalue weighted by molar-refractivity contribution is -0.120. The maximum Gasteiger partial charge on any atom is 0.243 e. The van der Waals surface area contributed by atoms with Crippen molar-refractivity contribution in [1.29, 1.82) is 0 Å². The summed E-state index contributed by atoms with van der Waals surface area (Å²) in [5.41, 5.74) is 5.49. The molecular formula is C17H22FN5O. The van der Waals surface area contributed by atoms with Gasteiger partial charge in [0.2, 0.25) is 5.91 Å². The van der Waals surface area contributed by atoms with Crippen molar-refractivity contribution in [1.82, 2.24) is 14.8 Å². The van der Waals surface area contributed by atoms with E-state index in [2.05, 4.69) is 20.1 Å². The highest BCUT2D eigenvalue weighted by Gasteiger charge is 2.23. The Labute approximate surface area is 140 Å². The lowest BCUT2D eigenvalue weighted by Gasteiger charge is -2.18. The molecule has 6 nitrogen and oxygen atoms in total. The lowest BCUT2D eigenvalue weighted by Crippen LogP contribution is -2.45. The van der Waals surface area contributed by atoms with Crippen LogP contribution in [0.5, 0.6) is 0 Å². The molecule has 1 aliphatic heterocycles. The minimum atomic E-state index is -1.09. The highest BCUT2D eigenvalue weighted by atomic mass is 19.1. The van der Waals surface area contributed by atoms with Crippen molar-refractivity contribution in [2.24, 2.45) is 5.73 Å². The molecule has 128 valence electrons. The molecule has 1 aromatic heterocycles. The van der Waals surface area contributed by atoms with Gasteiger partial charge in [0.15, 0.2) is 5.82 Å². The fraction of sp³-hybridized carbons (Fsp3) is 0.471. The summed E-state index contributed by atoms with van der Waals surface area (Å²) in [6.45, 7) is 4.00. The summed E-state index contributed by atoms with van der Waals surface area (Å²) in [5.74, 6) is 0.709. The lowest BCUT2D eigenvalue weighted by atomic mass is 10.1. The number of hydrogen-bond donors (Lipinski definition) is 2. The Bertz CT molecular complexity index is 763. The molecule has 3 N–H and O–H groups in total. The van der Waals surface area contributed by atoms with Gasteiger partial charge in [0, 0.05) is 18.5 Å². The van der Waals surface area contributed by atoms with Crippen LogP contribution in [-0.4, -0.2) is 26.2 Å². The molecule has 0 saturated heterocycles. The Morgan fingerprint density at radius 2 is 2.08 bits per heavy atom. The van der Waals surface area contributed by atoms with Gasteiger partial charge in [0.05, 0.1) is 11.2 Å². The predicted molar refractivity (Wildman–Crippen MR) is 89.9 cm³/mol. The largest absolute Gasteiger partial charge is 0.322 e. The van der Waals surface area contributed by atoms with E-state index in [0.717, 1.165) is 37.2 Å². The molecule has 3 rings (SSSR count). The summed E-state index contributed by atoms with van der Waals surface area (Å²) in [4.78, 5) is 12.0. The van der Waals surface area contributed by atoms with E-state index in [-0.39, 0.29) is 5.69 Å². The first-order valence-corrected chi connectivity index (χ1v) is 8.18. The average molecular weight is 331 g/mol. The van der Waals surface area contributed by atoms with Crippen molar-refractivity contribution in [2.75, 3.05) is 5.32 Å². The number of anilines is 1. The zero-order valence-corrected chi connectivity index (χ0v) is 14.0. The highest BCUT2D eigenvalue weighted by Crippen LogP contribution is 2.26. The maximum atomic E-state index is 14.1. The van der Waals surface area contributed by atoms with Crippen molar-refractivity contribution < 1.29 is 9.18 Å². The van der Waals surface area contributed by atoms with Crippen LogP contribution in [0.1, 0.15) is 38.9 Å². The molecule has 0 saturated carbocycles. The third kappa shape index (κ3) is 3.31. The van der Waals surface area contributed by atoms with Gasteiger partial charge in [-0.1, -0.05) is 6.42 Å². The Kier molecular flexibility index (Phi) is 4.36.